The van der Waals surface area contributed by atoms with Crippen LogP contribution in [0.4, 0.5) is 0 Å². The molecule has 0 saturated heterocycles. The van der Waals surface area contributed by atoms with Crippen molar-refractivity contribution in [1.82, 2.24) is 9.80 Å². The summed E-state index contributed by atoms with van der Waals surface area (Å²) in [5.41, 5.74) is 4.42. The minimum atomic E-state index is 0.828. The van der Waals surface area contributed by atoms with Gasteiger partial charge in [0.2, 0.25) is 0 Å². The molecule has 0 radical (unpaired) electrons. The molecule has 0 aromatic heterocycles. The fourth-order valence-corrected chi connectivity index (χ4v) is 2.49. The van der Waals surface area contributed by atoms with Gasteiger partial charge in [0, 0.05) is 39.3 Å². The fraction of sp³-hybridized carbons (Fsp3) is 0.250. The van der Waals surface area contributed by atoms with Gasteiger partial charge in [-0.1, -0.05) is 54.8 Å². The number of hydrogen-bond donors (Lipinski definition) is 0. The van der Waals surface area contributed by atoms with Gasteiger partial charge in [0.05, 0.1) is 0 Å². The summed E-state index contributed by atoms with van der Waals surface area (Å²) in [5, 5.41) is 0. The Morgan fingerprint density at radius 3 is 1.50 bits per heavy atom. The predicted molar refractivity (Wildman–Crippen MR) is 93.8 cm³/mol. The molecule has 20 heavy (non-hydrogen) atoms. The summed E-state index contributed by atoms with van der Waals surface area (Å²) in [5.74, 6) is 0. The first-order valence-electron chi connectivity index (χ1n) is 6.38. The topological polar surface area (TPSA) is 6.48 Å². The van der Waals surface area contributed by atoms with E-state index in [0.717, 1.165) is 32.2 Å². The maximum atomic E-state index is 5.54. The average molecular weight is 302 g/mol. The standard InChI is InChI=1S/C16H18N2S2/c1-17(2)15(19)13-10-14(16(20)18(3)4)12-9-7-5-6-8-11(12)13/h5-10H,1-4H3. The largest absolute Gasteiger partial charge is 0.368 e. The minimum absolute atomic E-state index is 0.828. The van der Waals surface area contributed by atoms with Crippen molar-refractivity contribution in [2.75, 3.05) is 28.2 Å². The zero-order chi connectivity index (χ0) is 14.9. The Hall–Kier alpha value is -1.52. The van der Waals surface area contributed by atoms with E-state index >= 15 is 0 Å². The summed E-state index contributed by atoms with van der Waals surface area (Å²) in [6, 6.07) is 12.4. The monoisotopic (exact) mass is 302 g/mol. The van der Waals surface area contributed by atoms with Crippen molar-refractivity contribution >= 4 is 34.4 Å². The van der Waals surface area contributed by atoms with Gasteiger partial charge in [0.25, 0.3) is 0 Å². The van der Waals surface area contributed by atoms with Crippen LogP contribution in [-0.4, -0.2) is 48.0 Å². The van der Waals surface area contributed by atoms with Crippen molar-refractivity contribution in [3.63, 3.8) is 0 Å². The summed E-state index contributed by atoms with van der Waals surface area (Å²) in [7, 11) is 7.87. The molecule has 0 spiro atoms. The molecule has 0 atom stereocenters. The lowest BCUT2D eigenvalue weighted by Gasteiger charge is -2.13. The maximum Gasteiger partial charge on any atom is 0.109 e. The zero-order valence-electron chi connectivity index (χ0n) is 12.2. The van der Waals surface area contributed by atoms with Crippen molar-refractivity contribution in [1.29, 1.82) is 0 Å². The van der Waals surface area contributed by atoms with Crippen molar-refractivity contribution in [3.05, 3.63) is 47.5 Å². The van der Waals surface area contributed by atoms with E-state index in [0.29, 0.717) is 0 Å². The quantitative estimate of drug-likeness (QED) is 0.785. The first kappa shape index (κ1) is 14.9. The summed E-state index contributed by atoms with van der Waals surface area (Å²) in [6.45, 7) is 0. The van der Waals surface area contributed by atoms with Crippen LogP contribution >= 0.6 is 24.4 Å². The second kappa shape index (κ2) is 5.85. The van der Waals surface area contributed by atoms with Gasteiger partial charge < -0.3 is 9.80 Å². The number of fused-ring (bicyclic) bond motifs is 1. The van der Waals surface area contributed by atoms with Crippen LogP contribution < -0.4 is 0 Å². The average Bonchev–Trinajstić information content (AvgIpc) is 2.59. The maximum absolute atomic E-state index is 5.54. The lowest BCUT2D eigenvalue weighted by molar-refractivity contribution is 0.636. The Balaban J connectivity index is 2.67. The molecule has 104 valence electrons. The highest BCUT2D eigenvalue weighted by Crippen LogP contribution is 2.33. The highest BCUT2D eigenvalue weighted by Gasteiger charge is 2.21. The molecular formula is C16H18N2S2. The van der Waals surface area contributed by atoms with Crippen LogP contribution in [0.1, 0.15) is 11.1 Å². The third kappa shape index (κ3) is 2.67. The molecule has 0 bridgehead atoms. The number of rotatable bonds is 2. The molecular weight excluding hydrogens is 284 g/mol. The summed E-state index contributed by atoms with van der Waals surface area (Å²) in [4.78, 5) is 5.57. The zero-order valence-corrected chi connectivity index (χ0v) is 13.8. The minimum Gasteiger partial charge on any atom is -0.368 e. The highest BCUT2D eigenvalue weighted by molar-refractivity contribution is 7.81. The van der Waals surface area contributed by atoms with E-state index < -0.39 is 0 Å². The molecule has 0 N–H and O–H groups in total. The Labute approximate surface area is 131 Å². The van der Waals surface area contributed by atoms with Gasteiger partial charge >= 0.3 is 0 Å². The van der Waals surface area contributed by atoms with Crippen molar-refractivity contribution in [2.24, 2.45) is 0 Å². The summed E-state index contributed by atoms with van der Waals surface area (Å²) in [6.07, 6.45) is 0. The van der Waals surface area contributed by atoms with E-state index in [1.165, 1.54) is 0 Å². The molecule has 2 rings (SSSR count). The fourth-order valence-electron chi connectivity index (χ4n) is 2.15. The number of hydrogen-bond acceptors (Lipinski definition) is 2. The van der Waals surface area contributed by atoms with Crippen LogP contribution in [-0.2, 0) is 0 Å². The van der Waals surface area contributed by atoms with Crippen molar-refractivity contribution < 1.29 is 0 Å². The van der Waals surface area contributed by atoms with Crippen LogP contribution in [0.25, 0.3) is 11.1 Å². The Bertz CT molecular complexity index is 581. The van der Waals surface area contributed by atoms with Crippen LogP contribution in [0.5, 0.6) is 0 Å². The van der Waals surface area contributed by atoms with Gasteiger partial charge in [0.1, 0.15) is 9.98 Å². The second-order valence-electron chi connectivity index (χ2n) is 5.11. The first-order chi connectivity index (χ1) is 9.43. The Morgan fingerprint density at radius 2 is 1.15 bits per heavy atom. The molecule has 0 aromatic rings. The van der Waals surface area contributed by atoms with E-state index in [1.807, 2.05) is 56.2 Å². The van der Waals surface area contributed by atoms with Gasteiger partial charge in [-0.15, -0.1) is 0 Å². The molecule has 0 saturated carbocycles. The molecule has 2 aliphatic rings. The third-order valence-electron chi connectivity index (χ3n) is 3.18. The lowest BCUT2D eigenvalue weighted by Crippen LogP contribution is -2.21. The molecule has 0 heterocycles. The number of nitrogens with zero attached hydrogens (tertiary/aromatic N) is 2. The van der Waals surface area contributed by atoms with Crippen molar-refractivity contribution in [2.45, 2.75) is 0 Å². The van der Waals surface area contributed by atoms with E-state index in [4.69, 9.17) is 24.4 Å². The normalized spacial score (nSPS) is 10.4. The van der Waals surface area contributed by atoms with Gasteiger partial charge in [-0.3, -0.25) is 0 Å². The molecule has 0 amide bonds. The summed E-state index contributed by atoms with van der Waals surface area (Å²) >= 11 is 11.1. The van der Waals surface area contributed by atoms with E-state index in [2.05, 4.69) is 18.2 Å². The van der Waals surface area contributed by atoms with Crippen LogP contribution in [0.2, 0.25) is 0 Å². The predicted octanol–water partition coefficient (Wildman–Crippen LogP) is 3.27. The number of thiocarbonyl (C=S) groups is 2. The van der Waals surface area contributed by atoms with Crippen LogP contribution in [0.3, 0.4) is 0 Å². The van der Waals surface area contributed by atoms with Gasteiger partial charge in [0.15, 0.2) is 0 Å². The lowest BCUT2D eigenvalue weighted by atomic mass is 10.1. The smallest absolute Gasteiger partial charge is 0.109 e. The Morgan fingerprint density at radius 1 is 0.750 bits per heavy atom. The molecule has 4 heteroatoms. The molecule has 0 fully saturated rings. The molecule has 0 aliphatic heterocycles. The second-order valence-corrected chi connectivity index (χ2v) is 5.88. The van der Waals surface area contributed by atoms with Gasteiger partial charge in [-0.05, 0) is 17.2 Å². The van der Waals surface area contributed by atoms with Crippen molar-refractivity contribution in [3.8, 4) is 11.1 Å². The molecule has 2 aliphatic carbocycles. The molecule has 2 nitrogen and oxygen atoms in total. The van der Waals surface area contributed by atoms with E-state index in [-0.39, 0.29) is 0 Å². The molecule has 0 unspecified atom stereocenters. The SMILES string of the molecule is CN(C)C(=S)c1cc(C(=S)N(C)C)c2cccccc1-2. The van der Waals surface area contributed by atoms with Gasteiger partial charge in [-0.2, -0.15) is 0 Å². The van der Waals surface area contributed by atoms with E-state index in [1.54, 1.807) is 0 Å². The Kier molecular flexibility index (Phi) is 4.35. The summed E-state index contributed by atoms with van der Waals surface area (Å²) < 4.78 is 0. The highest BCUT2D eigenvalue weighted by atomic mass is 32.1. The van der Waals surface area contributed by atoms with Gasteiger partial charge in [-0.25, -0.2) is 0 Å². The van der Waals surface area contributed by atoms with Crippen LogP contribution in [0, 0.1) is 0 Å². The third-order valence-corrected chi connectivity index (χ3v) is 4.35. The van der Waals surface area contributed by atoms with Crippen LogP contribution in [0.15, 0.2) is 36.4 Å². The first-order valence-corrected chi connectivity index (χ1v) is 7.20. The molecule has 0 aromatic carbocycles. The van der Waals surface area contributed by atoms with E-state index in [9.17, 15) is 0 Å².